The lowest BCUT2D eigenvalue weighted by Crippen LogP contribution is -2.46. The summed E-state index contributed by atoms with van der Waals surface area (Å²) in [5, 5.41) is 3.02. The number of rotatable bonds is 7. The van der Waals surface area contributed by atoms with Crippen LogP contribution in [-0.4, -0.2) is 31.7 Å². The predicted molar refractivity (Wildman–Crippen MR) is 80.5 cm³/mol. The van der Waals surface area contributed by atoms with Gasteiger partial charge in [0.1, 0.15) is 0 Å². The maximum atomic E-state index is 12.2. The van der Waals surface area contributed by atoms with E-state index in [2.05, 4.69) is 5.32 Å². The van der Waals surface area contributed by atoms with Crippen LogP contribution in [0.25, 0.3) is 0 Å². The van der Waals surface area contributed by atoms with Gasteiger partial charge in [-0.1, -0.05) is 13.8 Å². The third-order valence-electron chi connectivity index (χ3n) is 4.25. The molecule has 4 nitrogen and oxygen atoms in total. The number of carbonyl (C=O) groups is 1. The first-order valence-corrected chi connectivity index (χ1v) is 7.28. The Kier molecular flexibility index (Phi) is 9.40. The molecule has 1 aliphatic rings. The fourth-order valence-corrected chi connectivity index (χ4v) is 2.52. The molecule has 0 aromatic rings. The number of ether oxygens (including phenoxy) is 1. The molecule has 1 amide bonds. The molecule has 1 rings (SSSR count). The molecular formula is C14H29ClN2O2. The van der Waals surface area contributed by atoms with Crippen LogP contribution in [0, 0.1) is 5.41 Å². The van der Waals surface area contributed by atoms with E-state index in [1.165, 1.54) is 12.8 Å². The summed E-state index contributed by atoms with van der Waals surface area (Å²) < 4.78 is 5.65. The molecule has 1 heterocycles. The molecule has 0 aromatic heterocycles. The highest BCUT2D eigenvalue weighted by Crippen LogP contribution is 2.25. The van der Waals surface area contributed by atoms with Crippen molar-refractivity contribution in [1.29, 1.82) is 0 Å². The molecule has 1 unspecified atom stereocenters. The highest BCUT2D eigenvalue weighted by atomic mass is 35.5. The van der Waals surface area contributed by atoms with Crippen LogP contribution >= 0.6 is 12.4 Å². The Hall–Kier alpha value is -0.320. The molecule has 0 bridgehead atoms. The van der Waals surface area contributed by atoms with Crippen LogP contribution in [0.3, 0.4) is 0 Å². The quantitative estimate of drug-likeness (QED) is 0.756. The maximum absolute atomic E-state index is 12.2. The van der Waals surface area contributed by atoms with E-state index in [0.717, 1.165) is 32.3 Å². The van der Waals surface area contributed by atoms with Crippen LogP contribution in [0.5, 0.6) is 0 Å². The molecule has 19 heavy (non-hydrogen) atoms. The number of nitrogens with two attached hydrogens (primary N) is 1. The number of carbonyl (C=O) groups excluding carboxylic acids is 1. The molecule has 1 aliphatic heterocycles. The number of hydrogen-bond donors (Lipinski definition) is 2. The first-order valence-electron chi connectivity index (χ1n) is 7.28. The van der Waals surface area contributed by atoms with E-state index in [4.69, 9.17) is 10.5 Å². The molecule has 1 saturated heterocycles. The second-order valence-electron chi connectivity index (χ2n) is 5.22. The lowest BCUT2D eigenvalue weighted by atomic mass is 9.81. The standard InChI is InChI=1S/C14H28N2O2.ClH/c1-3-14(4-2,11-15)13(17)16-9-8-12-7-5-6-10-18-12;/h12H,3-11,15H2,1-2H3,(H,16,17);1H. The van der Waals surface area contributed by atoms with Gasteiger partial charge in [-0.3, -0.25) is 4.79 Å². The van der Waals surface area contributed by atoms with Crippen molar-refractivity contribution >= 4 is 18.3 Å². The van der Waals surface area contributed by atoms with Gasteiger partial charge >= 0.3 is 0 Å². The van der Waals surface area contributed by atoms with E-state index >= 15 is 0 Å². The van der Waals surface area contributed by atoms with E-state index < -0.39 is 0 Å². The molecule has 3 N–H and O–H groups in total. The number of nitrogens with one attached hydrogen (secondary N) is 1. The van der Waals surface area contributed by atoms with Gasteiger partial charge in [0.2, 0.25) is 5.91 Å². The second-order valence-corrected chi connectivity index (χ2v) is 5.22. The van der Waals surface area contributed by atoms with Gasteiger partial charge in [0.05, 0.1) is 11.5 Å². The molecule has 0 aliphatic carbocycles. The lowest BCUT2D eigenvalue weighted by Gasteiger charge is -2.29. The topological polar surface area (TPSA) is 64.4 Å². The van der Waals surface area contributed by atoms with Crippen LogP contribution < -0.4 is 11.1 Å². The summed E-state index contributed by atoms with van der Waals surface area (Å²) in [6.45, 7) is 6.05. The summed E-state index contributed by atoms with van der Waals surface area (Å²) in [6, 6.07) is 0. The molecule has 0 saturated carbocycles. The van der Waals surface area contributed by atoms with E-state index in [9.17, 15) is 4.79 Å². The number of halogens is 1. The zero-order valence-electron chi connectivity index (χ0n) is 12.2. The first-order chi connectivity index (χ1) is 8.68. The maximum Gasteiger partial charge on any atom is 0.227 e. The van der Waals surface area contributed by atoms with Gasteiger partial charge in [0, 0.05) is 19.7 Å². The van der Waals surface area contributed by atoms with Crippen LogP contribution in [0.2, 0.25) is 0 Å². The minimum absolute atomic E-state index is 0. The van der Waals surface area contributed by atoms with Crippen molar-refractivity contribution in [1.82, 2.24) is 5.32 Å². The zero-order chi connectivity index (χ0) is 13.4. The van der Waals surface area contributed by atoms with Crippen LogP contribution in [0.1, 0.15) is 52.4 Å². The lowest BCUT2D eigenvalue weighted by molar-refractivity contribution is -0.131. The van der Waals surface area contributed by atoms with Crippen molar-refractivity contribution < 1.29 is 9.53 Å². The van der Waals surface area contributed by atoms with Crippen molar-refractivity contribution in [2.24, 2.45) is 11.1 Å². The normalized spacial score (nSPS) is 19.6. The average molecular weight is 293 g/mol. The molecule has 0 aromatic carbocycles. The van der Waals surface area contributed by atoms with Gasteiger partial charge in [0.25, 0.3) is 0 Å². The summed E-state index contributed by atoms with van der Waals surface area (Å²) >= 11 is 0. The van der Waals surface area contributed by atoms with Crippen molar-refractivity contribution in [2.45, 2.75) is 58.5 Å². The van der Waals surface area contributed by atoms with E-state index in [1.54, 1.807) is 0 Å². The fraction of sp³-hybridized carbons (Fsp3) is 0.929. The Morgan fingerprint density at radius 2 is 2.05 bits per heavy atom. The highest BCUT2D eigenvalue weighted by Gasteiger charge is 2.32. The summed E-state index contributed by atoms with van der Waals surface area (Å²) in [6.07, 6.45) is 6.38. The van der Waals surface area contributed by atoms with E-state index in [0.29, 0.717) is 19.2 Å². The molecule has 1 fully saturated rings. The van der Waals surface area contributed by atoms with Crippen LogP contribution in [0.15, 0.2) is 0 Å². The zero-order valence-corrected chi connectivity index (χ0v) is 13.1. The summed E-state index contributed by atoms with van der Waals surface area (Å²) in [5.41, 5.74) is 5.38. The van der Waals surface area contributed by atoms with Crippen molar-refractivity contribution in [3.05, 3.63) is 0 Å². The molecular weight excluding hydrogens is 264 g/mol. The van der Waals surface area contributed by atoms with Gasteiger partial charge in [0.15, 0.2) is 0 Å². The highest BCUT2D eigenvalue weighted by molar-refractivity contribution is 5.85. The average Bonchev–Trinajstić information content (AvgIpc) is 2.42. The Labute approximate surface area is 123 Å². The largest absolute Gasteiger partial charge is 0.378 e. The van der Waals surface area contributed by atoms with Gasteiger partial charge in [-0.25, -0.2) is 0 Å². The number of amides is 1. The molecule has 5 heteroatoms. The third-order valence-corrected chi connectivity index (χ3v) is 4.25. The predicted octanol–water partition coefficient (Wildman–Crippen LogP) is 2.25. The van der Waals surface area contributed by atoms with Crippen LogP contribution in [0.4, 0.5) is 0 Å². The molecule has 114 valence electrons. The first kappa shape index (κ1) is 18.7. The smallest absolute Gasteiger partial charge is 0.227 e. The van der Waals surface area contributed by atoms with Crippen molar-refractivity contribution in [3.8, 4) is 0 Å². The molecule has 0 radical (unpaired) electrons. The van der Waals surface area contributed by atoms with Crippen molar-refractivity contribution in [3.63, 3.8) is 0 Å². The van der Waals surface area contributed by atoms with Crippen molar-refractivity contribution in [2.75, 3.05) is 19.7 Å². The summed E-state index contributed by atoms with van der Waals surface area (Å²) in [4.78, 5) is 12.2. The Bertz CT molecular complexity index is 244. The Morgan fingerprint density at radius 3 is 2.53 bits per heavy atom. The number of hydrogen-bond acceptors (Lipinski definition) is 3. The fourth-order valence-electron chi connectivity index (χ4n) is 2.52. The summed E-state index contributed by atoms with van der Waals surface area (Å²) in [5.74, 6) is 0.103. The Balaban J connectivity index is 0.00000324. The summed E-state index contributed by atoms with van der Waals surface area (Å²) in [7, 11) is 0. The van der Waals surface area contributed by atoms with E-state index in [-0.39, 0.29) is 23.7 Å². The molecule has 0 spiro atoms. The molecule has 1 atom stereocenters. The van der Waals surface area contributed by atoms with Gasteiger partial charge in [-0.05, 0) is 38.5 Å². The second kappa shape index (κ2) is 9.56. The van der Waals surface area contributed by atoms with Crippen LogP contribution in [-0.2, 0) is 9.53 Å². The SMILES string of the molecule is CCC(CC)(CN)C(=O)NCCC1CCCCO1.Cl. The van der Waals surface area contributed by atoms with E-state index in [1.807, 2.05) is 13.8 Å². The minimum Gasteiger partial charge on any atom is -0.378 e. The van der Waals surface area contributed by atoms with Gasteiger partial charge in [-0.15, -0.1) is 12.4 Å². The van der Waals surface area contributed by atoms with Gasteiger partial charge in [-0.2, -0.15) is 0 Å². The third kappa shape index (κ3) is 5.28. The van der Waals surface area contributed by atoms with Gasteiger partial charge < -0.3 is 15.8 Å². The Morgan fingerprint density at radius 1 is 1.37 bits per heavy atom. The minimum atomic E-state index is -0.382. The monoisotopic (exact) mass is 292 g/mol.